The molecule has 1 rings (SSSR count). The lowest BCUT2D eigenvalue weighted by atomic mass is 9.93. The van der Waals surface area contributed by atoms with E-state index in [0.717, 1.165) is 25.6 Å². The van der Waals surface area contributed by atoms with Gasteiger partial charge in [-0.2, -0.15) is 0 Å². The van der Waals surface area contributed by atoms with Crippen LogP contribution in [0.4, 0.5) is 0 Å². The van der Waals surface area contributed by atoms with Gasteiger partial charge in [0.15, 0.2) is 0 Å². The Morgan fingerprint density at radius 1 is 1.44 bits per heavy atom. The molecule has 0 amide bonds. The number of carboxylic acid groups (broad SMARTS) is 1. The Morgan fingerprint density at radius 2 is 2.00 bits per heavy atom. The van der Waals surface area contributed by atoms with Crippen LogP contribution in [0.1, 0.15) is 26.7 Å². The van der Waals surface area contributed by atoms with Gasteiger partial charge in [0.25, 0.3) is 0 Å². The van der Waals surface area contributed by atoms with E-state index in [-0.39, 0.29) is 12.0 Å². The number of carboxylic acids is 1. The number of hydrogen-bond donors (Lipinski definition) is 2. The predicted molar refractivity (Wildman–Crippen MR) is 64.5 cm³/mol. The molecule has 0 aromatic carbocycles. The summed E-state index contributed by atoms with van der Waals surface area (Å²) in [5.41, 5.74) is 0. The Hall–Kier alpha value is -0.610. The third kappa shape index (κ3) is 3.46. The summed E-state index contributed by atoms with van der Waals surface area (Å²) in [5, 5.41) is 12.2. The maximum atomic E-state index is 10.9. The molecule has 4 nitrogen and oxygen atoms in total. The van der Waals surface area contributed by atoms with E-state index in [1.807, 2.05) is 14.0 Å². The highest BCUT2D eigenvalue weighted by Gasteiger charge is 2.28. The molecular weight excluding hydrogens is 204 g/mol. The van der Waals surface area contributed by atoms with Crippen LogP contribution in [0.25, 0.3) is 0 Å². The van der Waals surface area contributed by atoms with Crippen LogP contribution in [-0.2, 0) is 4.79 Å². The fraction of sp³-hybridized carbons (Fsp3) is 0.917. The van der Waals surface area contributed by atoms with Gasteiger partial charge in [0.05, 0.1) is 5.92 Å². The lowest BCUT2D eigenvalue weighted by molar-refractivity contribution is -0.143. The molecule has 0 aromatic rings. The minimum Gasteiger partial charge on any atom is -0.481 e. The molecule has 2 N–H and O–H groups in total. The van der Waals surface area contributed by atoms with Gasteiger partial charge < -0.3 is 10.4 Å². The van der Waals surface area contributed by atoms with Gasteiger partial charge in [0, 0.05) is 6.04 Å². The molecule has 1 heterocycles. The van der Waals surface area contributed by atoms with Crippen LogP contribution >= 0.6 is 0 Å². The number of piperidine rings is 1. The molecule has 0 saturated carbocycles. The highest BCUT2D eigenvalue weighted by atomic mass is 16.4. The summed E-state index contributed by atoms with van der Waals surface area (Å²) < 4.78 is 0. The van der Waals surface area contributed by atoms with Crippen molar-refractivity contribution < 1.29 is 9.90 Å². The Bertz CT molecular complexity index is 225. The molecule has 0 aromatic heterocycles. The summed E-state index contributed by atoms with van der Waals surface area (Å²) >= 11 is 0. The molecule has 2 atom stereocenters. The number of nitrogens with one attached hydrogen (secondary N) is 1. The largest absolute Gasteiger partial charge is 0.481 e. The first-order valence-electron chi connectivity index (χ1n) is 6.17. The van der Waals surface area contributed by atoms with Crippen molar-refractivity contribution in [1.29, 1.82) is 0 Å². The van der Waals surface area contributed by atoms with E-state index in [1.165, 1.54) is 12.8 Å². The van der Waals surface area contributed by atoms with Crippen molar-refractivity contribution in [3.8, 4) is 0 Å². The van der Waals surface area contributed by atoms with Crippen molar-refractivity contribution in [2.75, 3.05) is 26.7 Å². The highest BCUT2D eigenvalue weighted by molar-refractivity contribution is 5.70. The van der Waals surface area contributed by atoms with Crippen molar-refractivity contribution in [1.82, 2.24) is 10.2 Å². The molecule has 2 unspecified atom stereocenters. The lowest BCUT2D eigenvalue weighted by Crippen LogP contribution is -2.45. The average molecular weight is 228 g/mol. The maximum Gasteiger partial charge on any atom is 0.307 e. The minimum atomic E-state index is -0.690. The Morgan fingerprint density at radius 3 is 2.44 bits per heavy atom. The van der Waals surface area contributed by atoms with E-state index in [9.17, 15) is 4.79 Å². The molecule has 0 spiro atoms. The summed E-state index contributed by atoms with van der Waals surface area (Å²) in [6.07, 6.45) is 2.36. The Kier molecular flexibility index (Phi) is 5.22. The Balaban J connectivity index is 2.38. The summed E-state index contributed by atoms with van der Waals surface area (Å²) in [5.74, 6) is -0.209. The van der Waals surface area contributed by atoms with Gasteiger partial charge in [-0.05, 0) is 52.4 Å². The van der Waals surface area contributed by atoms with Gasteiger partial charge in [-0.15, -0.1) is 0 Å². The fourth-order valence-electron chi connectivity index (χ4n) is 2.38. The monoisotopic (exact) mass is 228 g/mol. The van der Waals surface area contributed by atoms with Crippen LogP contribution in [0.2, 0.25) is 0 Å². The normalized spacial score (nSPS) is 22.9. The lowest BCUT2D eigenvalue weighted by Gasteiger charge is -2.37. The van der Waals surface area contributed by atoms with Gasteiger partial charge in [-0.3, -0.25) is 9.69 Å². The third-order valence-electron chi connectivity index (χ3n) is 3.83. The second-order valence-electron chi connectivity index (χ2n) is 4.90. The van der Waals surface area contributed by atoms with Crippen LogP contribution in [0, 0.1) is 11.8 Å². The van der Waals surface area contributed by atoms with Gasteiger partial charge >= 0.3 is 5.97 Å². The zero-order valence-electron chi connectivity index (χ0n) is 10.6. The smallest absolute Gasteiger partial charge is 0.307 e. The molecule has 1 fully saturated rings. The third-order valence-corrected chi connectivity index (χ3v) is 3.83. The zero-order valence-corrected chi connectivity index (χ0v) is 10.6. The second kappa shape index (κ2) is 6.21. The van der Waals surface area contributed by atoms with Gasteiger partial charge in [-0.1, -0.05) is 6.92 Å². The van der Waals surface area contributed by atoms with Crippen LogP contribution in [0.3, 0.4) is 0 Å². The van der Waals surface area contributed by atoms with E-state index in [1.54, 1.807) is 6.92 Å². The van der Waals surface area contributed by atoms with E-state index in [2.05, 4.69) is 10.2 Å². The number of nitrogens with zero attached hydrogens (tertiary/aromatic N) is 1. The second-order valence-corrected chi connectivity index (χ2v) is 4.90. The van der Waals surface area contributed by atoms with Gasteiger partial charge in [0.2, 0.25) is 0 Å². The molecule has 0 aliphatic carbocycles. The van der Waals surface area contributed by atoms with Crippen LogP contribution in [0.15, 0.2) is 0 Å². The molecule has 4 heteroatoms. The summed E-state index contributed by atoms with van der Waals surface area (Å²) in [4.78, 5) is 13.2. The number of aliphatic carboxylic acids is 1. The van der Waals surface area contributed by atoms with E-state index < -0.39 is 5.97 Å². The maximum absolute atomic E-state index is 10.9. The predicted octanol–water partition coefficient (Wildman–Crippen LogP) is 1.03. The van der Waals surface area contributed by atoms with Crippen molar-refractivity contribution >= 4 is 5.97 Å². The molecule has 1 aliphatic heterocycles. The zero-order chi connectivity index (χ0) is 12.1. The van der Waals surface area contributed by atoms with Crippen LogP contribution < -0.4 is 5.32 Å². The molecular formula is C12H24N2O2. The highest BCUT2D eigenvalue weighted by Crippen LogP contribution is 2.21. The quantitative estimate of drug-likeness (QED) is 0.738. The molecule has 1 aliphatic rings. The summed E-state index contributed by atoms with van der Waals surface area (Å²) in [6.45, 7) is 6.97. The molecule has 16 heavy (non-hydrogen) atoms. The van der Waals surface area contributed by atoms with Crippen molar-refractivity contribution in [2.45, 2.75) is 32.7 Å². The minimum absolute atomic E-state index is 0.146. The average Bonchev–Trinajstić information content (AvgIpc) is 2.28. The van der Waals surface area contributed by atoms with Crippen LogP contribution in [-0.4, -0.2) is 48.7 Å². The van der Waals surface area contributed by atoms with E-state index >= 15 is 0 Å². The van der Waals surface area contributed by atoms with Gasteiger partial charge in [0.1, 0.15) is 0 Å². The van der Waals surface area contributed by atoms with E-state index in [4.69, 9.17) is 5.11 Å². The topological polar surface area (TPSA) is 52.6 Å². The molecule has 0 bridgehead atoms. The molecule has 0 radical (unpaired) electrons. The van der Waals surface area contributed by atoms with Crippen molar-refractivity contribution in [3.05, 3.63) is 0 Å². The standard InChI is InChI=1S/C12H24N2O2/c1-9(12(15)16)10(2)14-6-4-11(5-7-14)8-13-3/h9-11,13H,4-8H2,1-3H3,(H,15,16). The number of likely N-dealkylation sites (tertiary alicyclic amines) is 1. The fourth-order valence-corrected chi connectivity index (χ4v) is 2.38. The number of hydrogen-bond acceptors (Lipinski definition) is 3. The van der Waals surface area contributed by atoms with Crippen LogP contribution in [0.5, 0.6) is 0 Å². The van der Waals surface area contributed by atoms with Crippen molar-refractivity contribution in [2.24, 2.45) is 11.8 Å². The number of carbonyl (C=O) groups is 1. The van der Waals surface area contributed by atoms with E-state index in [0.29, 0.717) is 0 Å². The Labute approximate surface area is 98.0 Å². The summed E-state index contributed by atoms with van der Waals surface area (Å²) in [6, 6.07) is 0.146. The SMILES string of the molecule is CNCC1CCN(C(C)C(C)C(=O)O)CC1. The summed E-state index contributed by atoms with van der Waals surface area (Å²) in [7, 11) is 1.99. The first-order chi connectivity index (χ1) is 7.56. The van der Waals surface area contributed by atoms with Crippen molar-refractivity contribution in [3.63, 3.8) is 0 Å². The number of rotatable bonds is 5. The van der Waals surface area contributed by atoms with Gasteiger partial charge in [-0.25, -0.2) is 0 Å². The first kappa shape index (κ1) is 13.5. The first-order valence-corrected chi connectivity index (χ1v) is 6.17. The molecule has 1 saturated heterocycles. The molecule has 94 valence electrons.